The van der Waals surface area contributed by atoms with Crippen molar-refractivity contribution in [2.75, 3.05) is 0 Å². The van der Waals surface area contributed by atoms with Crippen LogP contribution in [0.25, 0.3) is 0 Å². The van der Waals surface area contributed by atoms with Gasteiger partial charge in [0.2, 0.25) is 5.76 Å². The van der Waals surface area contributed by atoms with Crippen molar-refractivity contribution < 1.29 is 39.2 Å². The summed E-state index contributed by atoms with van der Waals surface area (Å²) in [5, 5.41) is 29.0. The van der Waals surface area contributed by atoms with Crippen molar-refractivity contribution in [1.29, 1.82) is 0 Å². The van der Waals surface area contributed by atoms with Gasteiger partial charge in [-0.1, -0.05) is 84.0 Å². The minimum Gasteiger partial charge on any atom is -0.505 e. The van der Waals surface area contributed by atoms with E-state index < -0.39 is 47.6 Å². The maximum absolute atomic E-state index is 11.7. The van der Waals surface area contributed by atoms with Crippen LogP contribution in [0.3, 0.4) is 0 Å². The second-order valence-electron chi connectivity index (χ2n) is 8.66. The molecule has 0 aromatic heterocycles. The summed E-state index contributed by atoms with van der Waals surface area (Å²) in [7, 11) is 0. The zero-order valence-electron chi connectivity index (χ0n) is 19.5. The molecule has 1 aliphatic heterocycles. The van der Waals surface area contributed by atoms with Crippen LogP contribution in [0.4, 0.5) is 0 Å². The highest BCUT2D eigenvalue weighted by Gasteiger charge is 2.43. The number of esters is 2. The van der Waals surface area contributed by atoms with E-state index in [0.29, 0.717) is 6.42 Å². The summed E-state index contributed by atoms with van der Waals surface area (Å²) >= 11 is 0. The summed E-state index contributed by atoms with van der Waals surface area (Å²) in [5.41, 5.74) is 0. The fraction of sp³-hybridized carbons (Fsp3) is 0.792. The van der Waals surface area contributed by atoms with E-state index in [4.69, 9.17) is 9.47 Å². The third-order valence-electron chi connectivity index (χ3n) is 5.87. The standard InChI is InChI=1S/C24H40O8/c1-3-4-5-6-7-8-9-10-11-12-13-14-15-18(23(28)29)16-19(31-17(2)25)22-20(26)21(27)24(30)32-22/h18-19,22,26-27H,3-16H2,1-2H3,(H,28,29)/t18?,19-,22+/m0/s1. The average molecular weight is 457 g/mol. The summed E-state index contributed by atoms with van der Waals surface area (Å²) in [6.07, 6.45) is 11.8. The molecule has 1 aliphatic rings. The Hall–Kier alpha value is -2.25. The predicted molar refractivity (Wildman–Crippen MR) is 119 cm³/mol. The number of carboxylic acid groups (broad SMARTS) is 1. The molecule has 0 radical (unpaired) electrons. The lowest BCUT2D eigenvalue weighted by molar-refractivity contribution is -0.163. The Morgan fingerprint density at radius 3 is 1.84 bits per heavy atom. The first-order valence-corrected chi connectivity index (χ1v) is 12.0. The highest BCUT2D eigenvalue weighted by atomic mass is 16.6. The molecule has 0 aliphatic carbocycles. The van der Waals surface area contributed by atoms with Gasteiger partial charge in [-0.25, -0.2) is 4.79 Å². The minimum atomic E-state index is -1.39. The molecule has 0 saturated heterocycles. The number of carbonyl (C=O) groups is 3. The molecule has 0 amide bonds. The van der Waals surface area contributed by atoms with Gasteiger partial charge in [0, 0.05) is 13.3 Å². The SMILES string of the molecule is CCCCCCCCCCCCCCC(C[C@H](OC(C)=O)[C@H]1OC(=O)C(O)=C1O)C(=O)O. The van der Waals surface area contributed by atoms with Crippen molar-refractivity contribution in [2.24, 2.45) is 5.92 Å². The van der Waals surface area contributed by atoms with E-state index in [1.54, 1.807) is 0 Å². The Morgan fingerprint density at radius 1 is 0.938 bits per heavy atom. The number of aliphatic hydroxyl groups excluding tert-OH is 2. The third-order valence-corrected chi connectivity index (χ3v) is 5.87. The number of hydrogen-bond donors (Lipinski definition) is 3. The molecule has 0 bridgehead atoms. The van der Waals surface area contributed by atoms with E-state index >= 15 is 0 Å². The van der Waals surface area contributed by atoms with E-state index in [9.17, 15) is 29.7 Å². The summed E-state index contributed by atoms with van der Waals surface area (Å²) in [6, 6.07) is 0. The van der Waals surface area contributed by atoms with Crippen LogP contribution in [0.5, 0.6) is 0 Å². The number of hydrogen-bond acceptors (Lipinski definition) is 7. The maximum atomic E-state index is 11.7. The molecule has 8 nitrogen and oxygen atoms in total. The van der Waals surface area contributed by atoms with Crippen LogP contribution in [0.1, 0.15) is 104 Å². The molecule has 32 heavy (non-hydrogen) atoms. The molecular formula is C24H40O8. The highest BCUT2D eigenvalue weighted by Crippen LogP contribution is 2.28. The number of rotatable bonds is 18. The summed E-state index contributed by atoms with van der Waals surface area (Å²) in [4.78, 5) is 34.6. The summed E-state index contributed by atoms with van der Waals surface area (Å²) in [5.74, 6) is -5.37. The number of aliphatic hydroxyl groups is 2. The van der Waals surface area contributed by atoms with E-state index in [2.05, 4.69) is 6.92 Å². The highest BCUT2D eigenvalue weighted by molar-refractivity contribution is 5.89. The van der Waals surface area contributed by atoms with Crippen LogP contribution in [-0.4, -0.2) is 45.4 Å². The fourth-order valence-corrected chi connectivity index (χ4v) is 4.02. The predicted octanol–water partition coefficient (Wildman–Crippen LogP) is 5.35. The van der Waals surface area contributed by atoms with E-state index in [1.807, 2.05) is 0 Å². The van der Waals surface area contributed by atoms with Crippen LogP contribution >= 0.6 is 0 Å². The van der Waals surface area contributed by atoms with Gasteiger partial charge in [-0.2, -0.15) is 0 Å². The Morgan fingerprint density at radius 2 is 1.44 bits per heavy atom. The summed E-state index contributed by atoms with van der Waals surface area (Å²) < 4.78 is 9.97. The number of unbranched alkanes of at least 4 members (excludes halogenated alkanes) is 11. The van der Waals surface area contributed by atoms with Gasteiger partial charge in [-0.15, -0.1) is 0 Å². The topological polar surface area (TPSA) is 130 Å². The van der Waals surface area contributed by atoms with Gasteiger partial charge in [0.15, 0.2) is 11.9 Å². The Kier molecular flexibility index (Phi) is 13.5. The average Bonchev–Trinajstić information content (AvgIpc) is 2.99. The molecule has 1 unspecified atom stereocenters. The zero-order valence-corrected chi connectivity index (χ0v) is 19.5. The number of carbonyl (C=O) groups excluding carboxylic acids is 2. The maximum Gasteiger partial charge on any atom is 0.378 e. The number of aliphatic carboxylic acids is 1. The van der Waals surface area contributed by atoms with Crippen molar-refractivity contribution in [2.45, 2.75) is 116 Å². The number of cyclic esters (lactones) is 1. The number of carboxylic acids is 1. The molecule has 1 heterocycles. The molecule has 0 spiro atoms. The van der Waals surface area contributed by atoms with E-state index in [1.165, 1.54) is 51.4 Å². The molecule has 8 heteroatoms. The largest absolute Gasteiger partial charge is 0.505 e. The van der Waals surface area contributed by atoms with Gasteiger partial charge < -0.3 is 24.8 Å². The van der Waals surface area contributed by atoms with Crippen molar-refractivity contribution in [1.82, 2.24) is 0 Å². The quantitative estimate of drug-likeness (QED) is 0.186. The lowest BCUT2D eigenvalue weighted by Gasteiger charge is -2.25. The van der Waals surface area contributed by atoms with Gasteiger partial charge in [0.1, 0.15) is 6.10 Å². The van der Waals surface area contributed by atoms with Crippen LogP contribution < -0.4 is 0 Å². The zero-order chi connectivity index (χ0) is 23.9. The Balaban J connectivity index is 2.35. The summed E-state index contributed by atoms with van der Waals surface area (Å²) in [6.45, 7) is 3.36. The molecule has 0 aromatic rings. The van der Waals surface area contributed by atoms with Crippen molar-refractivity contribution in [3.63, 3.8) is 0 Å². The fourth-order valence-electron chi connectivity index (χ4n) is 4.02. The molecule has 3 N–H and O–H groups in total. The molecular weight excluding hydrogens is 416 g/mol. The van der Waals surface area contributed by atoms with Gasteiger partial charge in [-0.3, -0.25) is 9.59 Å². The van der Waals surface area contributed by atoms with Crippen molar-refractivity contribution in [3.8, 4) is 0 Å². The van der Waals surface area contributed by atoms with E-state index in [0.717, 1.165) is 32.6 Å². The minimum absolute atomic E-state index is 0.123. The first kappa shape index (κ1) is 27.8. The Labute approximate surface area is 191 Å². The second-order valence-corrected chi connectivity index (χ2v) is 8.66. The third kappa shape index (κ3) is 10.4. The van der Waals surface area contributed by atoms with Crippen LogP contribution in [0, 0.1) is 5.92 Å². The monoisotopic (exact) mass is 456 g/mol. The second kappa shape index (κ2) is 15.5. The van der Waals surface area contributed by atoms with Gasteiger partial charge >= 0.3 is 17.9 Å². The van der Waals surface area contributed by atoms with E-state index in [-0.39, 0.29) is 6.42 Å². The molecule has 0 fully saturated rings. The first-order chi connectivity index (χ1) is 15.3. The molecule has 0 saturated carbocycles. The Bertz CT molecular complexity index is 627. The van der Waals surface area contributed by atoms with Crippen molar-refractivity contribution in [3.05, 3.63) is 11.5 Å². The first-order valence-electron chi connectivity index (χ1n) is 12.0. The molecule has 184 valence electrons. The van der Waals surface area contributed by atoms with Crippen LogP contribution in [0.2, 0.25) is 0 Å². The van der Waals surface area contributed by atoms with Crippen LogP contribution in [-0.2, 0) is 23.9 Å². The lowest BCUT2D eigenvalue weighted by Crippen LogP contribution is -2.36. The van der Waals surface area contributed by atoms with Gasteiger partial charge in [0.25, 0.3) is 0 Å². The van der Waals surface area contributed by atoms with Gasteiger partial charge in [-0.05, 0) is 6.42 Å². The molecule has 3 atom stereocenters. The normalized spacial score (nSPS) is 17.8. The van der Waals surface area contributed by atoms with Crippen LogP contribution in [0.15, 0.2) is 11.5 Å². The number of ether oxygens (including phenoxy) is 2. The molecule has 1 rings (SSSR count). The smallest absolute Gasteiger partial charge is 0.378 e. The lowest BCUT2D eigenvalue weighted by atomic mass is 9.92. The van der Waals surface area contributed by atoms with Gasteiger partial charge in [0.05, 0.1) is 5.92 Å². The van der Waals surface area contributed by atoms with Crippen molar-refractivity contribution >= 4 is 17.9 Å². The molecule has 0 aromatic carbocycles.